The highest BCUT2D eigenvalue weighted by Gasteiger charge is 2.04. The zero-order valence-electron chi connectivity index (χ0n) is 15.5. The highest BCUT2D eigenvalue weighted by atomic mass is 16.5. The molecule has 1 unspecified atom stereocenters. The van der Waals surface area contributed by atoms with Crippen molar-refractivity contribution in [2.75, 3.05) is 14.2 Å². The molecule has 0 saturated heterocycles. The van der Waals surface area contributed by atoms with Gasteiger partial charge in [-0.3, -0.25) is 4.79 Å². The first-order valence-electron chi connectivity index (χ1n) is 9.29. The van der Waals surface area contributed by atoms with E-state index in [-0.39, 0.29) is 5.97 Å². The van der Waals surface area contributed by atoms with Gasteiger partial charge in [-0.2, -0.15) is 0 Å². The molecule has 3 nitrogen and oxygen atoms in total. The molecule has 0 aliphatic rings. The van der Waals surface area contributed by atoms with Gasteiger partial charge in [0.05, 0.1) is 13.2 Å². The van der Waals surface area contributed by atoms with Gasteiger partial charge in [-0.25, -0.2) is 0 Å². The van der Waals surface area contributed by atoms with E-state index in [9.17, 15) is 4.79 Å². The summed E-state index contributed by atoms with van der Waals surface area (Å²) in [5.41, 5.74) is 0. The first-order valence-corrected chi connectivity index (χ1v) is 9.29. The minimum atomic E-state index is -0.0988. The molecule has 0 bridgehead atoms. The molecule has 0 aliphatic carbocycles. The van der Waals surface area contributed by atoms with Crippen molar-refractivity contribution >= 4 is 5.97 Å². The molecule has 0 saturated carbocycles. The standard InChI is InChI=1S/C20H36O3/c1-4-5-6-13-16-19(22-2)17-14-11-9-7-8-10-12-15-18-20(21)23-3/h19H,4-10,12-13,15-18H2,1-3H3. The van der Waals surface area contributed by atoms with E-state index in [2.05, 4.69) is 23.5 Å². The smallest absolute Gasteiger partial charge is 0.305 e. The number of carbonyl (C=O) groups is 1. The quantitative estimate of drug-likeness (QED) is 0.248. The maximum atomic E-state index is 10.9. The van der Waals surface area contributed by atoms with Gasteiger partial charge >= 0.3 is 5.97 Å². The molecular weight excluding hydrogens is 288 g/mol. The lowest BCUT2D eigenvalue weighted by atomic mass is 10.1. The number of esters is 1. The van der Waals surface area contributed by atoms with Crippen LogP contribution in [0.15, 0.2) is 0 Å². The highest BCUT2D eigenvalue weighted by Crippen LogP contribution is 2.10. The van der Waals surface area contributed by atoms with Crippen molar-refractivity contribution in [1.29, 1.82) is 0 Å². The van der Waals surface area contributed by atoms with Gasteiger partial charge in [0, 0.05) is 26.4 Å². The molecule has 0 amide bonds. The summed E-state index contributed by atoms with van der Waals surface area (Å²) in [4.78, 5) is 10.9. The fourth-order valence-corrected chi connectivity index (χ4v) is 2.49. The average Bonchev–Trinajstić information content (AvgIpc) is 2.57. The Bertz CT molecular complexity index is 328. The molecule has 1 atom stereocenters. The van der Waals surface area contributed by atoms with E-state index in [1.807, 2.05) is 0 Å². The Morgan fingerprint density at radius 3 is 2.30 bits per heavy atom. The van der Waals surface area contributed by atoms with Crippen LogP contribution < -0.4 is 0 Å². The average molecular weight is 325 g/mol. The number of carbonyl (C=O) groups excluding carboxylic acids is 1. The molecule has 0 radical (unpaired) electrons. The lowest BCUT2D eigenvalue weighted by Crippen LogP contribution is -2.09. The Kier molecular flexibility index (Phi) is 16.6. The molecule has 0 aliphatic heterocycles. The Hall–Kier alpha value is -1.01. The van der Waals surface area contributed by atoms with Gasteiger partial charge < -0.3 is 9.47 Å². The molecule has 0 N–H and O–H groups in total. The topological polar surface area (TPSA) is 35.5 Å². The molecule has 23 heavy (non-hydrogen) atoms. The van der Waals surface area contributed by atoms with Gasteiger partial charge in [0.15, 0.2) is 0 Å². The maximum Gasteiger partial charge on any atom is 0.305 e. The Morgan fingerprint density at radius 1 is 0.913 bits per heavy atom. The molecule has 0 spiro atoms. The van der Waals surface area contributed by atoms with Crippen LogP contribution in [0.25, 0.3) is 0 Å². The van der Waals surface area contributed by atoms with Crippen molar-refractivity contribution in [2.24, 2.45) is 0 Å². The van der Waals surface area contributed by atoms with Crippen molar-refractivity contribution in [1.82, 2.24) is 0 Å². The third kappa shape index (κ3) is 15.7. The number of hydrogen-bond acceptors (Lipinski definition) is 3. The van der Waals surface area contributed by atoms with Crippen LogP contribution in [0.2, 0.25) is 0 Å². The number of ether oxygens (including phenoxy) is 2. The SMILES string of the molecule is CCCCCCC(CC#CCCCCCCCC(=O)OC)OC. The predicted octanol–water partition coefficient (Wildman–Crippen LogP) is 5.27. The minimum Gasteiger partial charge on any atom is -0.469 e. The summed E-state index contributed by atoms with van der Waals surface area (Å²) in [5.74, 6) is 6.43. The van der Waals surface area contributed by atoms with E-state index in [1.54, 1.807) is 7.11 Å². The van der Waals surface area contributed by atoms with Gasteiger partial charge in [-0.1, -0.05) is 51.9 Å². The second kappa shape index (κ2) is 17.3. The third-order valence-electron chi connectivity index (χ3n) is 4.08. The van der Waals surface area contributed by atoms with Gasteiger partial charge in [-0.15, -0.1) is 11.8 Å². The van der Waals surface area contributed by atoms with E-state index in [0.717, 1.165) is 38.5 Å². The normalized spacial score (nSPS) is 11.6. The number of methoxy groups -OCH3 is 2. The molecule has 3 heteroatoms. The summed E-state index contributed by atoms with van der Waals surface area (Å²) in [6, 6.07) is 0. The summed E-state index contributed by atoms with van der Waals surface area (Å²) in [5, 5.41) is 0. The first kappa shape index (κ1) is 22.0. The molecule has 0 heterocycles. The summed E-state index contributed by atoms with van der Waals surface area (Å²) < 4.78 is 10.1. The van der Waals surface area contributed by atoms with Crippen LogP contribution in [0.3, 0.4) is 0 Å². The van der Waals surface area contributed by atoms with Crippen molar-refractivity contribution in [3.63, 3.8) is 0 Å². The van der Waals surface area contributed by atoms with Crippen molar-refractivity contribution < 1.29 is 14.3 Å². The summed E-state index contributed by atoms with van der Waals surface area (Å²) >= 11 is 0. The second-order valence-electron chi connectivity index (χ2n) is 6.11. The van der Waals surface area contributed by atoms with Crippen LogP contribution >= 0.6 is 0 Å². The molecule has 0 aromatic heterocycles. The Labute approximate surface area is 143 Å². The van der Waals surface area contributed by atoms with Gasteiger partial charge in [-0.05, 0) is 19.3 Å². The van der Waals surface area contributed by atoms with Crippen LogP contribution in [0.1, 0.15) is 90.4 Å². The fourth-order valence-electron chi connectivity index (χ4n) is 2.49. The lowest BCUT2D eigenvalue weighted by Gasteiger charge is -2.11. The predicted molar refractivity (Wildman–Crippen MR) is 96.3 cm³/mol. The van der Waals surface area contributed by atoms with Crippen LogP contribution in [0.5, 0.6) is 0 Å². The molecule has 134 valence electrons. The molecule has 0 fully saturated rings. The van der Waals surface area contributed by atoms with Gasteiger partial charge in [0.25, 0.3) is 0 Å². The molecule has 0 aromatic rings. The largest absolute Gasteiger partial charge is 0.469 e. The first-order chi connectivity index (χ1) is 11.2. The van der Waals surface area contributed by atoms with Crippen molar-refractivity contribution in [3.8, 4) is 11.8 Å². The Balaban J connectivity index is 3.47. The summed E-state index contributed by atoms with van der Waals surface area (Å²) in [6.45, 7) is 2.23. The van der Waals surface area contributed by atoms with Crippen LogP contribution in [0.4, 0.5) is 0 Å². The zero-order valence-corrected chi connectivity index (χ0v) is 15.5. The number of unbranched alkanes of at least 4 members (excludes halogenated alkanes) is 8. The van der Waals surface area contributed by atoms with E-state index >= 15 is 0 Å². The Morgan fingerprint density at radius 2 is 1.61 bits per heavy atom. The van der Waals surface area contributed by atoms with Crippen LogP contribution in [-0.2, 0) is 14.3 Å². The monoisotopic (exact) mass is 324 g/mol. The minimum absolute atomic E-state index is 0.0988. The van der Waals surface area contributed by atoms with E-state index in [1.165, 1.54) is 45.6 Å². The summed E-state index contributed by atoms with van der Waals surface area (Å²) in [6.07, 6.45) is 14.5. The third-order valence-corrected chi connectivity index (χ3v) is 4.08. The molecule has 0 rings (SSSR count). The lowest BCUT2D eigenvalue weighted by molar-refractivity contribution is -0.140. The van der Waals surface area contributed by atoms with Gasteiger partial charge in [0.1, 0.15) is 0 Å². The van der Waals surface area contributed by atoms with Crippen molar-refractivity contribution in [2.45, 2.75) is 96.5 Å². The van der Waals surface area contributed by atoms with E-state index in [0.29, 0.717) is 12.5 Å². The summed E-state index contributed by atoms with van der Waals surface area (Å²) in [7, 11) is 3.24. The van der Waals surface area contributed by atoms with Crippen LogP contribution in [-0.4, -0.2) is 26.3 Å². The van der Waals surface area contributed by atoms with E-state index in [4.69, 9.17) is 4.74 Å². The number of hydrogen-bond donors (Lipinski definition) is 0. The molecular formula is C20H36O3. The molecule has 0 aromatic carbocycles. The second-order valence-corrected chi connectivity index (χ2v) is 6.11. The van der Waals surface area contributed by atoms with E-state index < -0.39 is 0 Å². The van der Waals surface area contributed by atoms with Crippen LogP contribution in [0, 0.1) is 11.8 Å². The fraction of sp³-hybridized carbons (Fsp3) is 0.850. The number of rotatable bonds is 14. The van der Waals surface area contributed by atoms with Gasteiger partial charge in [0.2, 0.25) is 0 Å². The highest BCUT2D eigenvalue weighted by molar-refractivity contribution is 5.68. The zero-order chi connectivity index (χ0) is 17.2. The van der Waals surface area contributed by atoms with Crippen molar-refractivity contribution in [3.05, 3.63) is 0 Å². The maximum absolute atomic E-state index is 10.9.